The predicted molar refractivity (Wildman–Crippen MR) is 123 cm³/mol. The molecule has 0 aliphatic carbocycles. The number of hydrogen-bond donors (Lipinski definition) is 1. The van der Waals surface area contributed by atoms with Crippen molar-refractivity contribution in [1.29, 1.82) is 0 Å². The van der Waals surface area contributed by atoms with Gasteiger partial charge in [0.25, 0.3) is 0 Å². The summed E-state index contributed by atoms with van der Waals surface area (Å²) in [5.74, 6) is 2.47. The molecular weight excluding hydrogens is 358 g/mol. The third-order valence-electron chi connectivity index (χ3n) is 4.52. The van der Waals surface area contributed by atoms with Crippen molar-refractivity contribution in [2.75, 3.05) is 18.1 Å². The highest BCUT2D eigenvalue weighted by molar-refractivity contribution is 8.76. The van der Waals surface area contributed by atoms with E-state index in [1.807, 2.05) is 21.6 Å². The zero-order chi connectivity index (χ0) is 19.5. The molecule has 0 spiro atoms. The standard InChI is InChI=1S/C22H45NOS2/c1-5-6-7-8-9-10-11-12-13-14-15-19-25-26-20-18-23-21(24)16-17-22(2,3)4/h5-20H2,1-4H3,(H,23,24). The Morgan fingerprint density at radius 1 is 0.769 bits per heavy atom. The third kappa shape index (κ3) is 22.2. The van der Waals surface area contributed by atoms with Gasteiger partial charge in [-0.25, -0.2) is 0 Å². The second kappa shape index (κ2) is 18.5. The van der Waals surface area contributed by atoms with Crippen molar-refractivity contribution in [3.8, 4) is 0 Å². The molecule has 0 rings (SSSR count). The lowest BCUT2D eigenvalue weighted by molar-refractivity contribution is -0.121. The summed E-state index contributed by atoms with van der Waals surface area (Å²) in [6.45, 7) is 9.63. The maximum absolute atomic E-state index is 11.7. The van der Waals surface area contributed by atoms with E-state index in [0.717, 1.165) is 18.7 Å². The molecule has 0 heterocycles. The molecule has 26 heavy (non-hydrogen) atoms. The first-order chi connectivity index (χ1) is 12.5. The highest BCUT2D eigenvalue weighted by Gasteiger charge is 2.12. The Kier molecular flexibility index (Phi) is 18.7. The second-order valence-corrected chi connectivity index (χ2v) is 11.3. The van der Waals surface area contributed by atoms with E-state index in [2.05, 4.69) is 33.0 Å². The van der Waals surface area contributed by atoms with Gasteiger partial charge in [0.15, 0.2) is 0 Å². The number of carbonyl (C=O) groups is 1. The van der Waals surface area contributed by atoms with Gasteiger partial charge in [0.05, 0.1) is 0 Å². The SMILES string of the molecule is CCCCCCCCCCCCCSSCCNC(=O)CCC(C)(C)C. The molecule has 0 fully saturated rings. The first kappa shape index (κ1) is 26.2. The molecule has 0 aliphatic heterocycles. The smallest absolute Gasteiger partial charge is 0.220 e. The molecule has 0 atom stereocenters. The molecule has 0 aromatic heterocycles. The Morgan fingerprint density at radius 2 is 1.27 bits per heavy atom. The van der Waals surface area contributed by atoms with Gasteiger partial charge in [0, 0.05) is 24.5 Å². The molecule has 1 N–H and O–H groups in total. The largest absolute Gasteiger partial charge is 0.355 e. The second-order valence-electron chi connectivity index (χ2n) is 8.59. The van der Waals surface area contributed by atoms with Crippen LogP contribution >= 0.6 is 21.6 Å². The zero-order valence-corrected chi connectivity index (χ0v) is 19.7. The van der Waals surface area contributed by atoms with Crippen molar-refractivity contribution in [1.82, 2.24) is 5.32 Å². The molecule has 0 saturated carbocycles. The summed E-state index contributed by atoms with van der Waals surface area (Å²) in [6, 6.07) is 0. The maximum atomic E-state index is 11.7. The van der Waals surface area contributed by atoms with E-state index in [1.165, 1.54) is 76.4 Å². The number of unbranched alkanes of at least 4 members (excludes halogenated alkanes) is 10. The Bertz CT molecular complexity index is 316. The molecule has 156 valence electrons. The monoisotopic (exact) mass is 403 g/mol. The predicted octanol–water partition coefficient (Wildman–Crippen LogP) is 7.62. The van der Waals surface area contributed by atoms with Crippen LogP contribution in [0.2, 0.25) is 0 Å². The minimum Gasteiger partial charge on any atom is -0.355 e. The zero-order valence-electron chi connectivity index (χ0n) is 18.0. The molecular formula is C22H45NOS2. The van der Waals surface area contributed by atoms with E-state index >= 15 is 0 Å². The molecule has 0 bridgehead atoms. The van der Waals surface area contributed by atoms with E-state index in [0.29, 0.717) is 6.42 Å². The van der Waals surface area contributed by atoms with Crippen LogP contribution in [0.4, 0.5) is 0 Å². The third-order valence-corrected chi connectivity index (χ3v) is 7.02. The molecule has 0 aromatic rings. The molecule has 0 saturated heterocycles. The van der Waals surface area contributed by atoms with Gasteiger partial charge in [-0.1, -0.05) is 113 Å². The van der Waals surface area contributed by atoms with Crippen LogP contribution in [0.1, 0.15) is 111 Å². The average molecular weight is 404 g/mol. The minimum absolute atomic E-state index is 0.205. The quantitative estimate of drug-likeness (QED) is 0.188. The van der Waals surface area contributed by atoms with Crippen LogP contribution in [-0.4, -0.2) is 24.0 Å². The molecule has 0 aromatic carbocycles. The fraction of sp³-hybridized carbons (Fsp3) is 0.955. The Morgan fingerprint density at radius 3 is 1.81 bits per heavy atom. The normalized spacial score (nSPS) is 11.7. The summed E-state index contributed by atoms with van der Waals surface area (Å²) in [5, 5.41) is 3.03. The highest BCUT2D eigenvalue weighted by atomic mass is 33.1. The molecule has 0 unspecified atom stereocenters. The average Bonchev–Trinajstić information content (AvgIpc) is 2.59. The summed E-state index contributed by atoms with van der Waals surface area (Å²) >= 11 is 0. The summed E-state index contributed by atoms with van der Waals surface area (Å²) in [4.78, 5) is 11.7. The van der Waals surface area contributed by atoms with Gasteiger partial charge in [-0.05, 0) is 18.3 Å². The number of carbonyl (C=O) groups excluding carboxylic acids is 1. The van der Waals surface area contributed by atoms with Crippen LogP contribution < -0.4 is 5.32 Å². The maximum Gasteiger partial charge on any atom is 0.220 e. The van der Waals surface area contributed by atoms with Gasteiger partial charge < -0.3 is 5.32 Å². The van der Waals surface area contributed by atoms with E-state index in [9.17, 15) is 4.79 Å². The topological polar surface area (TPSA) is 29.1 Å². The van der Waals surface area contributed by atoms with Crippen molar-refractivity contribution >= 4 is 27.5 Å². The van der Waals surface area contributed by atoms with Crippen molar-refractivity contribution in [3.05, 3.63) is 0 Å². The van der Waals surface area contributed by atoms with E-state index in [1.54, 1.807) is 0 Å². The van der Waals surface area contributed by atoms with Gasteiger partial charge >= 0.3 is 0 Å². The Labute approximate surface area is 172 Å². The molecule has 4 heteroatoms. The lowest BCUT2D eigenvalue weighted by Gasteiger charge is -2.17. The first-order valence-corrected chi connectivity index (χ1v) is 13.5. The van der Waals surface area contributed by atoms with Gasteiger partial charge in [-0.15, -0.1) is 0 Å². The molecule has 0 aliphatic rings. The Balaban J connectivity index is 3.14. The molecule has 0 radical (unpaired) electrons. The summed E-state index contributed by atoms with van der Waals surface area (Å²) in [6.07, 6.45) is 17.1. The van der Waals surface area contributed by atoms with Crippen LogP contribution in [0, 0.1) is 5.41 Å². The van der Waals surface area contributed by atoms with Crippen LogP contribution in [0.3, 0.4) is 0 Å². The fourth-order valence-corrected chi connectivity index (χ4v) is 4.81. The lowest BCUT2D eigenvalue weighted by Crippen LogP contribution is -2.26. The van der Waals surface area contributed by atoms with Gasteiger partial charge in [0.1, 0.15) is 0 Å². The van der Waals surface area contributed by atoms with Crippen molar-refractivity contribution in [2.24, 2.45) is 5.41 Å². The minimum atomic E-state index is 0.205. The van der Waals surface area contributed by atoms with Crippen LogP contribution in [-0.2, 0) is 4.79 Å². The number of rotatable bonds is 18. The molecule has 1 amide bonds. The Hall–Kier alpha value is 0.170. The summed E-state index contributed by atoms with van der Waals surface area (Å²) in [7, 11) is 3.87. The van der Waals surface area contributed by atoms with Gasteiger partial charge in [-0.3, -0.25) is 4.79 Å². The van der Waals surface area contributed by atoms with Crippen LogP contribution in [0.25, 0.3) is 0 Å². The first-order valence-electron chi connectivity index (χ1n) is 11.0. The van der Waals surface area contributed by atoms with Gasteiger partial charge in [0.2, 0.25) is 5.91 Å². The van der Waals surface area contributed by atoms with Crippen LogP contribution in [0.5, 0.6) is 0 Å². The van der Waals surface area contributed by atoms with E-state index in [4.69, 9.17) is 0 Å². The highest BCUT2D eigenvalue weighted by Crippen LogP contribution is 2.23. The fourth-order valence-electron chi connectivity index (χ4n) is 2.75. The van der Waals surface area contributed by atoms with Gasteiger partial charge in [-0.2, -0.15) is 0 Å². The van der Waals surface area contributed by atoms with Crippen LogP contribution in [0.15, 0.2) is 0 Å². The van der Waals surface area contributed by atoms with Crippen molar-refractivity contribution in [2.45, 2.75) is 111 Å². The number of amides is 1. The van der Waals surface area contributed by atoms with Crippen molar-refractivity contribution < 1.29 is 4.79 Å². The number of hydrogen-bond acceptors (Lipinski definition) is 3. The number of nitrogens with one attached hydrogen (secondary N) is 1. The summed E-state index contributed by atoms with van der Waals surface area (Å²) in [5.41, 5.74) is 0.247. The van der Waals surface area contributed by atoms with E-state index < -0.39 is 0 Å². The van der Waals surface area contributed by atoms with E-state index in [-0.39, 0.29) is 11.3 Å². The lowest BCUT2D eigenvalue weighted by atomic mass is 9.90. The molecule has 2 nitrogen and oxygen atoms in total. The summed E-state index contributed by atoms with van der Waals surface area (Å²) < 4.78 is 0. The van der Waals surface area contributed by atoms with Crippen molar-refractivity contribution in [3.63, 3.8) is 0 Å².